The Balaban J connectivity index is 0.000000310. The Bertz CT molecular complexity index is 2800. The molecule has 1 aromatic heterocycles. The molecule has 340 valence electrons. The van der Waals surface area contributed by atoms with Gasteiger partial charge in [-0.2, -0.15) is 73.9 Å². The summed E-state index contributed by atoms with van der Waals surface area (Å²) in [6.45, 7) is 34.6. The average molecular weight is 1050 g/mol. The zero-order valence-corrected chi connectivity index (χ0v) is 45.3. The van der Waals surface area contributed by atoms with Gasteiger partial charge >= 0.3 is 25.8 Å². The number of imidazole rings is 1. The summed E-state index contributed by atoms with van der Waals surface area (Å²) in [6, 6.07) is 56.8. The maximum atomic E-state index is 5.58. The summed E-state index contributed by atoms with van der Waals surface area (Å²) in [6.07, 6.45) is 2.23. The third-order valence-electron chi connectivity index (χ3n) is 11.8. The van der Waals surface area contributed by atoms with Gasteiger partial charge in [-0.25, -0.2) is 4.98 Å². The average Bonchev–Trinajstić information content (AvgIpc) is 3.64. The molecule has 9 aromatic rings. The van der Waals surface area contributed by atoms with Crippen molar-refractivity contribution in [1.29, 1.82) is 0 Å². The second-order valence-electron chi connectivity index (χ2n) is 19.5. The van der Waals surface area contributed by atoms with Gasteiger partial charge in [-0.15, -0.1) is 47.8 Å². The summed E-state index contributed by atoms with van der Waals surface area (Å²) in [5.74, 6) is 1.05. The number of aryl methyl sites for hydroxylation is 4. The molecule has 0 radical (unpaired) electrons. The first-order valence-corrected chi connectivity index (χ1v) is 23.4. The van der Waals surface area contributed by atoms with Crippen LogP contribution in [0.5, 0.6) is 0 Å². The van der Waals surface area contributed by atoms with E-state index in [-0.39, 0.29) is 36.7 Å². The van der Waals surface area contributed by atoms with Crippen LogP contribution in [0, 0.1) is 41.5 Å². The van der Waals surface area contributed by atoms with Gasteiger partial charge in [-0.1, -0.05) is 139 Å². The summed E-state index contributed by atoms with van der Waals surface area (Å²) >= 11 is 0. The Kier molecular flexibility index (Phi) is 18.0. The number of aromatic nitrogens is 2. The van der Waals surface area contributed by atoms with Gasteiger partial charge in [-0.3, -0.25) is 0 Å². The third kappa shape index (κ3) is 13.6. The molecule has 0 aliphatic carbocycles. The molecule has 0 amide bonds. The van der Waals surface area contributed by atoms with Crippen molar-refractivity contribution < 1.29 is 25.8 Å². The largest absolute Gasteiger partial charge is 4.00 e. The van der Waals surface area contributed by atoms with Gasteiger partial charge < -0.3 is 9.88 Å². The molecule has 8 aromatic carbocycles. The zero-order valence-electron chi connectivity index (χ0n) is 41.7. The fourth-order valence-corrected chi connectivity index (χ4v) is 8.18. The molecule has 0 aliphatic heterocycles. The van der Waals surface area contributed by atoms with Crippen molar-refractivity contribution in [3.8, 4) is 11.4 Å². The van der Waals surface area contributed by atoms with Crippen molar-refractivity contribution in [2.24, 2.45) is 0 Å². The molecule has 0 saturated carbocycles. The van der Waals surface area contributed by atoms with Crippen LogP contribution >= 0.6 is 0 Å². The summed E-state index contributed by atoms with van der Waals surface area (Å²) in [5.41, 5.74) is 15.0. The van der Waals surface area contributed by atoms with Crippen LogP contribution in [-0.4, -0.2) is 9.55 Å². The van der Waals surface area contributed by atoms with E-state index in [0.717, 1.165) is 64.3 Å². The van der Waals surface area contributed by atoms with E-state index >= 15 is 0 Å². The third-order valence-corrected chi connectivity index (χ3v) is 11.8. The molecule has 4 heteroatoms. The number of unbranched alkanes of at least 4 members (excludes halogenated alkanes) is 1. The van der Waals surface area contributed by atoms with Crippen LogP contribution in [0.15, 0.2) is 164 Å². The Morgan fingerprint density at radius 2 is 0.985 bits per heavy atom. The van der Waals surface area contributed by atoms with Crippen LogP contribution in [0.3, 0.4) is 0 Å². The van der Waals surface area contributed by atoms with Crippen LogP contribution in [0.2, 0.25) is 0 Å². The summed E-state index contributed by atoms with van der Waals surface area (Å²) in [4.78, 5) is 5.43. The van der Waals surface area contributed by atoms with Crippen LogP contribution in [-0.2, 0) is 43.2 Å². The molecular formula is C63H69HfN3. The molecule has 0 unspecified atom stereocenters. The quantitative estimate of drug-likeness (QED) is 0.0928. The first kappa shape index (κ1) is 52.0. The topological polar surface area (TPSA) is 31.9 Å². The van der Waals surface area contributed by atoms with E-state index in [1.54, 1.807) is 0 Å². The maximum absolute atomic E-state index is 5.58. The number of hydrogen-bond donors (Lipinski definition) is 0. The van der Waals surface area contributed by atoms with Gasteiger partial charge in [0.1, 0.15) is 5.82 Å². The minimum Gasteiger partial charge on any atom is -0.655 e. The first-order chi connectivity index (χ1) is 31.4. The fraction of sp³-hybridized carbons (Fsp3) is 0.238. The molecule has 0 aliphatic rings. The molecular weight excluding hydrogens is 977 g/mol. The summed E-state index contributed by atoms with van der Waals surface area (Å²) in [5, 5.41) is 10.4. The monoisotopic (exact) mass is 1050 g/mol. The number of nitrogens with zero attached hydrogens (tertiary/aromatic N) is 3. The fourth-order valence-electron chi connectivity index (χ4n) is 8.18. The van der Waals surface area contributed by atoms with Crippen LogP contribution in [0.4, 0.5) is 11.4 Å². The van der Waals surface area contributed by atoms with E-state index in [1.807, 2.05) is 91.0 Å². The Morgan fingerprint density at radius 3 is 1.37 bits per heavy atom. The second-order valence-corrected chi connectivity index (χ2v) is 19.5. The van der Waals surface area contributed by atoms with Crippen molar-refractivity contribution in [1.82, 2.24) is 9.55 Å². The van der Waals surface area contributed by atoms with Gasteiger partial charge in [0.2, 0.25) is 0 Å². The summed E-state index contributed by atoms with van der Waals surface area (Å²) in [7, 11) is 0. The normalized spacial score (nSPS) is 11.1. The van der Waals surface area contributed by atoms with Crippen molar-refractivity contribution in [3.63, 3.8) is 0 Å². The minimum atomic E-state index is 0. The Hall–Kier alpha value is -5.97. The van der Waals surface area contributed by atoms with Crippen LogP contribution in [0.25, 0.3) is 49.3 Å². The van der Waals surface area contributed by atoms with Crippen LogP contribution < -0.4 is 0 Å². The number of rotatable bonds is 6. The molecule has 0 bridgehead atoms. The number of para-hydroxylation sites is 1. The molecule has 1 heterocycles. The van der Waals surface area contributed by atoms with Crippen molar-refractivity contribution in [3.05, 3.63) is 234 Å². The molecule has 3 nitrogen and oxygen atoms in total. The van der Waals surface area contributed by atoms with Gasteiger partial charge in [0.25, 0.3) is 0 Å². The van der Waals surface area contributed by atoms with Gasteiger partial charge in [-0.05, 0) is 94.0 Å². The van der Waals surface area contributed by atoms with Crippen molar-refractivity contribution in [2.75, 3.05) is 0 Å². The molecule has 67 heavy (non-hydrogen) atoms. The second kappa shape index (κ2) is 23.2. The van der Waals surface area contributed by atoms with E-state index in [9.17, 15) is 0 Å². The van der Waals surface area contributed by atoms with E-state index in [1.165, 1.54) is 54.9 Å². The molecule has 0 fully saturated rings. The minimum absolute atomic E-state index is 0. The number of benzene rings is 8. The molecule has 0 saturated heterocycles. The van der Waals surface area contributed by atoms with Gasteiger partial charge in [0.05, 0.1) is 11.0 Å². The number of fused-ring (bicyclic) bond motifs is 3. The van der Waals surface area contributed by atoms with Gasteiger partial charge in [0.15, 0.2) is 0 Å². The van der Waals surface area contributed by atoms with Gasteiger partial charge in [0, 0.05) is 12.1 Å². The van der Waals surface area contributed by atoms with Crippen LogP contribution in [0.1, 0.15) is 106 Å². The Labute approximate surface area is 421 Å². The number of hydrogen-bond acceptors (Lipinski definition) is 1. The SMILES string of the molecule is CCCCn1c(-c2c(C)cc(C)cc2C)nc2c([N-]c3c4cc(C(C)(C)C)ccc4cc4ccc(C(C)(C)C)cc34)cccc21.[CH2-]c1ccccc1.[CH2-]c1ccccc1.[CH2-]c1ccccc1.[Hf+4]. The molecule has 9 rings (SSSR count). The van der Waals surface area contributed by atoms with E-state index in [4.69, 9.17) is 10.3 Å². The van der Waals surface area contributed by atoms with E-state index < -0.39 is 0 Å². The Morgan fingerprint density at radius 1 is 0.537 bits per heavy atom. The molecule has 0 N–H and O–H groups in total. The molecule has 0 atom stereocenters. The predicted molar refractivity (Wildman–Crippen MR) is 289 cm³/mol. The molecule has 0 spiro atoms. The zero-order chi connectivity index (χ0) is 47.6. The van der Waals surface area contributed by atoms with E-state index in [0.29, 0.717) is 0 Å². The standard InChI is InChI=1S/C42H48N3.3C7H7.Hf/c1-11-12-20-45-36-15-13-14-35(39(36)44-40(45)37-27(3)21-26(2)22-28(37)4)43-38-33-24-31(41(5,6)7)18-16-29(33)23-30-17-19-32(25-34(30)38)42(8,9)10;3*1-7-5-3-2-4-6-7;/h13-19,21-25H,11-12,20H2,1-10H3;3*2-6H,1H2;/q4*-1;+4. The predicted octanol–water partition coefficient (Wildman–Crippen LogP) is 18.3. The van der Waals surface area contributed by atoms with Crippen molar-refractivity contribution >= 4 is 44.0 Å². The maximum Gasteiger partial charge on any atom is 4.00 e. The first-order valence-electron chi connectivity index (χ1n) is 23.4. The smallest absolute Gasteiger partial charge is 0.655 e. The summed E-state index contributed by atoms with van der Waals surface area (Å²) < 4.78 is 2.43. The van der Waals surface area contributed by atoms with Crippen molar-refractivity contribution in [2.45, 2.75) is 99.5 Å². The van der Waals surface area contributed by atoms with E-state index in [2.05, 4.69) is 167 Å².